The lowest BCUT2D eigenvalue weighted by Crippen LogP contribution is -2.38. The highest BCUT2D eigenvalue weighted by atomic mass is 32.1. The summed E-state index contributed by atoms with van der Waals surface area (Å²) in [6, 6.07) is 15.0. The molecule has 57 heavy (non-hydrogen) atoms. The van der Waals surface area contributed by atoms with E-state index in [1.165, 1.54) is 12.1 Å². The molecule has 0 amide bonds. The first-order valence-electron chi connectivity index (χ1n) is 19.0. The van der Waals surface area contributed by atoms with E-state index in [1.54, 1.807) is 37.4 Å². The fourth-order valence-corrected chi connectivity index (χ4v) is 7.85. The van der Waals surface area contributed by atoms with Crippen LogP contribution < -0.4 is 27.5 Å². The molecule has 1 heterocycles. The first-order valence-corrected chi connectivity index (χ1v) is 20.9. The number of carbonyl (C=O) groups is 1. The number of carboxylic acids is 1. The van der Waals surface area contributed by atoms with Gasteiger partial charge in [0.05, 0.1) is 37.0 Å². The Kier molecular flexibility index (Phi) is 16.4. The number of ether oxygens (including phenoxy) is 2. The predicted molar refractivity (Wildman–Crippen MR) is 229 cm³/mol. The second-order valence-corrected chi connectivity index (χ2v) is 16.0. The molecule has 0 spiro atoms. The molecule has 0 saturated heterocycles. The summed E-state index contributed by atoms with van der Waals surface area (Å²) in [6.07, 6.45) is 4.28. The van der Waals surface area contributed by atoms with Gasteiger partial charge in [0.2, 0.25) is 0 Å². The van der Waals surface area contributed by atoms with Gasteiger partial charge in [0.25, 0.3) is 0 Å². The van der Waals surface area contributed by atoms with Gasteiger partial charge in [0.1, 0.15) is 11.3 Å². The van der Waals surface area contributed by atoms with Gasteiger partial charge in [-0.3, -0.25) is 9.36 Å². The number of nitrogens with two attached hydrogens (primary N) is 2. The molecular weight excluding hydrogens is 770 g/mol. The van der Waals surface area contributed by atoms with E-state index in [0.29, 0.717) is 50.8 Å². The second kappa shape index (κ2) is 20.7. The third-order valence-corrected chi connectivity index (χ3v) is 11.4. The zero-order valence-corrected chi connectivity index (χ0v) is 35.0. The van der Waals surface area contributed by atoms with Crippen molar-refractivity contribution in [2.24, 2.45) is 22.4 Å². The van der Waals surface area contributed by atoms with Crippen LogP contribution in [0.25, 0.3) is 33.4 Å². The number of nitrogens with zero attached hydrogens (tertiary/aromatic N) is 1. The summed E-state index contributed by atoms with van der Waals surface area (Å²) in [5.41, 5.74) is 15.1. The summed E-state index contributed by atoms with van der Waals surface area (Å²) in [5, 5.41) is 17.1. The van der Waals surface area contributed by atoms with Crippen LogP contribution in [0.1, 0.15) is 69.3 Å². The maximum atomic E-state index is 12.8. The number of nitrogens with one attached hydrogen (secondary N) is 2. The maximum absolute atomic E-state index is 12.8. The predicted octanol–water partition coefficient (Wildman–Crippen LogP) is 7.24. The Morgan fingerprint density at radius 2 is 1.77 bits per heavy atom. The molecule has 2 aromatic rings. The quantitative estimate of drug-likeness (QED) is 0.0174. The van der Waals surface area contributed by atoms with Crippen molar-refractivity contribution >= 4 is 53.5 Å². The minimum atomic E-state index is -3.97. The molecule has 2 aliphatic carbocycles. The molecular formula is C41H54N5O9PS. The normalized spacial score (nSPS) is 17.6. The molecule has 0 bridgehead atoms. The first kappa shape index (κ1) is 45.1. The molecule has 0 fully saturated rings. The number of hydrogen-bond donors (Lipinski definition) is 6. The van der Waals surface area contributed by atoms with Crippen molar-refractivity contribution in [1.82, 2.24) is 5.32 Å². The molecule has 4 atom stereocenters. The lowest BCUT2D eigenvalue weighted by molar-refractivity contribution is -0.0243. The highest BCUT2D eigenvalue weighted by Gasteiger charge is 2.38. The number of carboxylic acid groups (broad SMARTS) is 1. The number of benzene rings is 3. The van der Waals surface area contributed by atoms with Crippen molar-refractivity contribution in [3.8, 4) is 22.5 Å². The van der Waals surface area contributed by atoms with E-state index < -0.39 is 13.6 Å². The van der Waals surface area contributed by atoms with Gasteiger partial charge < -0.3 is 50.5 Å². The molecule has 0 radical (unpaired) electrons. The summed E-state index contributed by atoms with van der Waals surface area (Å²) >= 11 is 5.11. The van der Waals surface area contributed by atoms with Crippen LogP contribution in [0.5, 0.6) is 0 Å². The van der Waals surface area contributed by atoms with E-state index in [0.717, 1.165) is 30.2 Å². The number of anilines is 1. The molecule has 16 heteroatoms. The van der Waals surface area contributed by atoms with Crippen LogP contribution in [0.4, 0.5) is 5.69 Å². The van der Waals surface area contributed by atoms with Crippen molar-refractivity contribution in [3.05, 3.63) is 87.3 Å². The fraction of sp³-hybridized carbons (Fsp3) is 0.415. The monoisotopic (exact) mass is 823 g/mol. The van der Waals surface area contributed by atoms with E-state index in [2.05, 4.69) is 29.5 Å². The molecule has 2 aromatic carbocycles. The van der Waals surface area contributed by atoms with Crippen molar-refractivity contribution < 1.29 is 37.8 Å². The smallest absolute Gasteiger partial charge is 0.354 e. The largest absolute Gasteiger partial charge is 0.478 e. The number of aromatic carboxylic acids is 1. The van der Waals surface area contributed by atoms with Crippen molar-refractivity contribution in [1.29, 1.82) is 0 Å². The molecule has 8 N–H and O–H groups in total. The van der Waals surface area contributed by atoms with Gasteiger partial charge in [-0.15, -0.1) is 0 Å². The van der Waals surface area contributed by atoms with Gasteiger partial charge in [-0.05, 0) is 85.9 Å². The lowest BCUT2D eigenvalue weighted by atomic mass is 9.88. The number of rotatable bonds is 15. The highest BCUT2D eigenvalue weighted by Crippen LogP contribution is 2.55. The van der Waals surface area contributed by atoms with Gasteiger partial charge in [-0.25, -0.2) is 9.79 Å². The number of aryl methyl sites for hydroxylation is 1. The lowest BCUT2D eigenvalue weighted by Gasteiger charge is -2.35. The standard InChI is InChI=1S/C23H18N2O4S.C18H36N3O5P/c1-12-3-6-16-19(9-12)29-20-11-14(26)5-8-17(20)21(16)15-7-4-13(25-23(30)24-2)10-18(15)22(27)28;1-5-8-24-9-10-25-27(22,23)15-11-16(21-18(19)20)13(4)17(12-15)26-14(6-2)7-3/h3-11H,1-2H3,(H,27,28)(H2,24,25,30);12-14,16-17H,5-11H2,1-4H3,(H,22,23)(H4,19,20,21)/t;13-,16+,17-/m.1/s1. The van der Waals surface area contributed by atoms with Gasteiger partial charge in [-0.2, -0.15) is 0 Å². The van der Waals surface area contributed by atoms with Crippen LogP contribution in [0.2, 0.25) is 0 Å². The van der Waals surface area contributed by atoms with Crippen LogP contribution in [-0.4, -0.2) is 72.2 Å². The van der Waals surface area contributed by atoms with E-state index in [4.69, 9.17) is 42.1 Å². The zero-order valence-electron chi connectivity index (χ0n) is 33.2. The van der Waals surface area contributed by atoms with E-state index in [-0.39, 0.29) is 60.8 Å². The van der Waals surface area contributed by atoms with Gasteiger partial charge in [0.15, 0.2) is 16.5 Å². The minimum absolute atomic E-state index is 0.0238. The third kappa shape index (κ3) is 11.9. The maximum Gasteiger partial charge on any atom is 0.354 e. The molecule has 5 rings (SSSR count). The fourth-order valence-electron chi connectivity index (χ4n) is 6.49. The van der Waals surface area contributed by atoms with Crippen LogP contribution in [0, 0.1) is 12.8 Å². The number of guanidine groups is 1. The van der Waals surface area contributed by atoms with Gasteiger partial charge >= 0.3 is 13.6 Å². The van der Waals surface area contributed by atoms with Gasteiger partial charge in [0, 0.05) is 59.6 Å². The summed E-state index contributed by atoms with van der Waals surface area (Å²) in [5.74, 6) is -0.732. The van der Waals surface area contributed by atoms with Gasteiger partial charge in [-0.1, -0.05) is 45.9 Å². The minimum Gasteiger partial charge on any atom is -0.478 e. The van der Waals surface area contributed by atoms with Crippen LogP contribution in [0.15, 0.2) is 80.2 Å². The molecule has 0 saturated carbocycles. The molecule has 308 valence electrons. The molecule has 14 nitrogen and oxygen atoms in total. The Balaban J connectivity index is 0.000000255. The van der Waals surface area contributed by atoms with E-state index >= 15 is 0 Å². The summed E-state index contributed by atoms with van der Waals surface area (Å²) in [4.78, 5) is 38.7. The molecule has 3 aliphatic rings. The third-order valence-electron chi connectivity index (χ3n) is 9.53. The Hall–Kier alpha value is -4.63. The average Bonchev–Trinajstić information content (AvgIpc) is 3.17. The number of fused-ring (bicyclic) bond motifs is 2. The Morgan fingerprint density at radius 1 is 1.05 bits per heavy atom. The zero-order chi connectivity index (χ0) is 41.9. The Morgan fingerprint density at radius 3 is 2.42 bits per heavy atom. The van der Waals surface area contributed by atoms with Crippen LogP contribution in [-0.2, 0) is 18.6 Å². The molecule has 1 aliphatic heterocycles. The van der Waals surface area contributed by atoms with Crippen molar-refractivity contribution in [3.63, 3.8) is 0 Å². The van der Waals surface area contributed by atoms with Crippen LogP contribution in [0.3, 0.4) is 0 Å². The Bertz CT molecular complexity index is 2170. The summed E-state index contributed by atoms with van der Waals surface area (Å²) < 4.78 is 35.5. The number of hydrogen-bond acceptors (Lipinski definition) is 9. The number of thiocarbonyl (C=S) groups is 1. The van der Waals surface area contributed by atoms with E-state index in [9.17, 15) is 24.2 Å². The van der Waals surface area contributed by atoms with E-state index in [1.807, 2.05) is 39.0 Å². The Labute approximate surface area is 338 Å². The first-order chi connectivity index (χ1) is 27.1. The molecule has 0 aromatic heterocycles. The number of aliphatic imine (C=N–C) groups is 1. The second-order valence-electron chi connectivity index (χ2n) is 13.8. The van der Waals surface area contributed by atoms with Crippen molar-refractivity contribution in [2.45, 2.75) is 78.6 Å². The van der Waals surface area contributed by atoms with Crippen molar-refractivity contribution in [2.75, 3.05) is 32.2 Å². The highest BCUT2D eigenvalue weighted by molar-refractivity contribution is 7.80. The molecule has 1 unspecified atom stereocenters. The topological polar surface area (TPSA) is 221 Å². The average molecular weight is 824 g/mol. The SMILES string of the molecule is CCCOCCOP(=O)(O)C1=C[C@@H](OC(CC)CC)[C@H](C)[C@@H](N=C(N)N)C1.CNC(=S)Nc1ccc(-c2c3ccc(=O)cc-3oc3cc(C)ccc23)c(C(=O)O)c1. The summed E-state index contributed by atoms with van der Waals surface area (Å²) in [7, 11) is -2.29. The van der Waals surface area contributed by atoms with Crippen LogP contribution >= 0.6 is 19.8 Å². The summed E-state index contributed by atoms with van der Waals surface area (Å²) in [6.45, 7) is 10.9.